The topological polar surface area (TPSA) is 58.4 Å². The van der Waals surface area contributed by atoms with E-state index in [1.165, 1.54) is 5.56 Å². The minimum absolute atomic E-state index is 0.613. The van der Waals surface area contributed by atoms with Gasteiger partial charge in [-0.15, -0.1) is 16.8 Å². The predicted molar refractivity (Wildman–Crippen MR) is 111 cm³/mol. The van der Waals surface area contributed by atoms with E-state index in [0.717, 1.165) is 28.0 Å². The van der Waals surface area contributed by atoms with Crippen LogP contribution in [0.2, 0.25) is 0 Å². The summed E-state index contributed by atoms with van der Waals surface area (Å²) in [5.74, 6) is 3.72. The molecule has 0 aliphatic carbocycles. The van der Waals surface area contributed by atoms with Crippen molar-refractivity contribution in [3.8, 4) is 28.6 Å². The summed E-state index contributed by atoms with van der Waals surface area (Å²) < 4.78 is 18.0. The average Bonchev–Trinajstić information content (AvgIpc) is 3.15. The first-order valence-corrected chi connectivity index (χ1v) is 9.71. The Kier molecular flexibility index (Phi) is 6.60. The Morgan fingerprint density at radius 3 is 2.36 bits per heavy atom. The first-order chi connectivity index (χ1) is 13.7. The third-order valence-corrected chi connectivity index (χ3v) is 5.24. The number of rotatable bonds is 9. The van der Waals surface area contributed by atoms with Crippen LogP contribution in [-0.4, -0.2) is 36.1 Å². The van der Waals surface area contributed by atoms with Gasteiger partial charge >= 0.3 is 0 Å². The van der Waals surface area contributed by atoms with Crippen molar-refractivity contribution in [3.63, 3.8) is 0 Å². The van der Waals surface area contributed by atoms with E-state index in [2.05, 4.69) is 28.9 Å². The minimum atomic E-state index is 0.613. The Morgan fingerprint density at radius 1 is 0.964 bits per heavy atom. The molecule has 6 nitrogen and oxygen atoms in total. The maximum Gasteiger partial charge on any atom is 0.192 e. The molecule has 0 unspecified atom stereocenters. The molecule has 0 aliphatic rings. The third kappa shape index (κ3) is 4.31. The van der Waals surface area contributed by atoms with Crippen molar-refractivity contribution in [2.75, 3.05) is 21.3 Å². The number of hydrogen-bond donors (Lipinski definition) is 0. The van der Waals surface area contributed by atoms with E-state index in [-0.39, 0.29) is 0 Å². The van der Waals surface area contributed by atoms with Gasteiger partial charge in [-0.05, 0) is 35.9 Å². The molecule has 0 radical (unpaired) electrons. The molecule has 7 heteroatoms. The van der Waals surface area contributed by atoms with Gasteiger partial charge in [0.15, 0.2) is 22.5 Å². The van der Waals surface area contributed by atoms with Crippen LogP contribution in [0.1, 0.15) is 5.56 Å². The number of aromatic nitrogens is 3. The first kappa shape index (κ1) is 19.8. The van der Waals surface area contributed by atoms with Crippen LogP contribution in [0, 0.1) is 0 Å². The number of benzene rings is 2. The molecular formula is C21H23N3O3S. The maximum atomic E-state index is 5.41. The van der Waals surface area contributed by atoms with E-state index in [9.17, 15) is 0 Å². The van der Waals surface area contributed by atoms with E-state index in [0.29, 0.717) is 18.0 Å². The summed E-state index contributed by atoms with van der Waals surface area (Å²) in [5, 5.41) is 9.63. The smallest absolute Gasteiger partial charge is 0.192 e. The van der Waals surface area contributed by atoms with E-state index < -0.39 is 0 Å². The predicted octanol–water partition coefficient (Wildman–Crippen LogP) is 4.45. The lowest BCUT2D eigenvalue weighted by atomic mass is 10.2. The molecule has 0 saturated carbocycles. The van der Waals surface area contributed by atoms with Crippen LogP contribution in [0.5, 0.6) is 17.2 Å². The Morgan fingerprint density at radius 2 is 1.71 bits per heavy atom. The van der Waals surface area contributed by atoms with Crippen LogP contribution in [-0.2, 0) is 12.3 Å². The van der Waals surface area contributed by atoms with Crippen LogP contribution in [0.25, 0.3) is 11.4 Å². The summed E-state index contributed by atoms with van der Waals surface area (Å²) in [6, 6.07) is 13.7. The second-order valence-corrected chi connectivity index (χ2v) is 6.85. The molecule has 3 rings (SSSR count). The summed E-state index contributed by atoms with van der Waals surface area (Å²) in [4.78, 5) is 0. The summed E-state index contributed by atoms with van der Waals surface area (Å²) >= 11 is 1.63. The van der Waals surface area contributed by atoms with Gasteiger partial charge in [0.1, 0.15) is 5.75 Å². The quantitative estimate of drug-likeness (QED) is 0.393. The number of allylic oxidation sites excluding steroid dienone is 1. The van der Waals surface area contributed by atoms with E-state index in [1.54, 1.807) is 33.1 Å². The van der Waals surface area contributed by atoms with Crippen LogP contribution in [0.3, 0.4) is 0 Å². The second kappa shape index (κ2) is 9.32. The van der Waals surface area contributed by atoms with Crippen LogP contribution in [0.15, 0.2) is 60.3 Å². The summed E-state index contributed by atoms with van der Waals surface area (Å²) in [6.07, 6.45) is 1.84. The van der Waals surface area contributed by atoms with E-state index in [4.69, 9.17) is 14.2 Å². The molecule has 0 atom stereocenters. The molecule has 1 heterocycles. The maximum absolute atomic E-state index is 5.41. The normalized spacial score (nSPS) is 10.5. The molecule has 146 valence electrons. The lowest BCUT2D eigenvalue weighted by molar-refractivity contribution is 0.355. The highest BCUT2D eigenvalue weighted by Gasteiger charge is 2.16. The van der Waals surface area contributed by atoms with Gasteiger partial charge in [-0.3, -0.25) is 4.57 Å². The monoisotopic (exact) mass is 397 g/mol. The highest BCUT2D eigenvalue weighted by molar-refractivity contribution is 7.98. The molecule has 0 fully saturated rings. The van der Waals surface area contributed by atoms with Gasteiger partial charge in [0.2, 0.25) is 0 Å². The second-order valence-electron chi connectivity index (χ2n) is 5.91. The molecular weight excluding hydrogens is 374 g/mol. The molecule has 1 aromatic heterocycles. The van der Waals surface area contributed by atoms with Crippen molar-refractivity contribution in [1.29, 1.82) is 0 Å². The number of methoxy groups -OCH3 is 3. The van der Waals surface area contributed by atoms with Crippen molar-refractivity contribution in [2.24, 2.45) is 0 Å². The zero-order valence-electron chi connectivity index (χ0n) is 16.2. The largest absolute Gasteiger partial charge is 0.497 e. The van der Waals surface area contributed by atoms with Gasteiger partial charge in [0.25, 0.3) is 0 Å². The van der Waals surface area contributed by atoms with Crippen molar-refractivity contribution in [3.05, 3.63) is 60.7 Å². The fourth-order valence-corrected chi connectivity index (χ4v) is 3.65. The molecule has 0 saturated heterocycles. The minimum Gasteiger partial charge on any atom is -0.497 e. The zero-order valence-corrected chi connectivity index (χ0v) is 17.0. The van der Waals surface area contributed by atoms with Crippen molar-refractivity contribution in [1.82, 2.24) is 14.8 Å². The highest BCUT2D eigenvalue weighted by Crippen LogP contribution is 2.33. The van der Waals surface area contributed by atoms with Gasteiger partial charge in [-0.25, -0.2) is 0 Å². The Hall–Kier alpha value is -2.93. The van der Waals surface area contributed by atoms with E-state index in [1.807, 2.05) is 41.0 Å². The van der Waals surface area contributed by atoms with Gasteiger partial charge in [-0.2, -0.15) is 0 Å². The summed E-state index contributed by atoms with van der Waals surface area (Å²) in [5.41, 5.74) is 2.09. The Labute approximate surface area is 169 Å². The molecule has 0 aliphatic heterocycles. The van der Waals surface area contributed by atoms with Gasteiger partial charge in [0, 0.05) is 17.9 Å². The summed E-state index contributed by atoms with van der Waals surface area (Å²) in [6.45, 7) is 4.48. The lowest BCUT2D eigenvalue weighted by Gasteiger charge is -2.11. The van der Waals surface area contributed by atoms with Crippen LogP contribution in [0.4, 0.5) is 0 Å². The molecule has 0 N–H and O–H groups in total. The number of hydrogen-bond acceptors (Lipinski definition) is 6. The Bertz CT molecular complexity index is 939. The molecule has 3 aromatic rings. The standard InChI is InChI=1S/C21H23N3O3S/c1-5-12-24-20(16-8-11-18(26-3)19(13-16)27-4)22-23-21(24)28-14-15-6-9-17(25-2)10-7-15/h5-11,13H,1,12,14H2,2-4H3. The molecule has 0 bridgehead atoms. The average molecular weight is 398 g/mol. The zero-order chi connectivity index (χ0) is 19.9. The van der Waals surface area contributed by atoms with Crippen LogP contribution >= 0.6 is 11.8 Å². The van der Waals surface area contributed by atoms with E-state index >= 15 is 0 Å². The van der Waals surface area contributed by atoms with Crippen molar-refractivity contribution < 1.29 is 14.2 Å². The number of nitrogens with zero attached hydrogens (tertiary/aromatic N) is 3. The molecule has 0 spiro atoms. The van der Waals surface area contributed by atoms with Crippen LogP contribution < -0.4 is 14.2 Å². The lowest BCUT2D eigenvalue weighted by Crippen LogP contribution is -2.01. The van der Waals surface area contributed by atoms with Gasteiger partial charge < -0.3 is 14.2 Å². The van der Waals surface area contributed by atoms with Crippen molar-refractivity contribution in [2.45, 2.75) is 17.5 Å². The first-order valence-electron chi connectivity index (χ1n) is 8.72. The highest BCUT2D eigenvalue weighted by atomic mass is 32.2. The van der Waals surface area contributed by atoms with Gasteiger partial charge in [0.05, 0.1) is 21.3 Å². The molecule has 28 heavy (non-hydrogen) atoms. The Balaban J connectivity index is 1.85. The molecule has 2 aromatic carbocycles. The SMILES string of the molecule is C=CCn1c(SCc2ccc(OC)cc2)nnc1-c1ccc(OC)c(OC)c1. The fourth-order valence-electron chi connectivity index (χ4n) is 2.75. The van der Waals surface area contributed by atoms with Crippen molar-refractivity contribution >= 4 is 11.8 Å². The third-order valence-electron chi connectivity index (χ3n) is 4.20. The number of ether oxygens (including phenoxy) is 3. The van der Waals surface area contributed by atoms with Gasteiger partial charge in [-0.1, -0.05) is 30.0 Å². The number of thioether (sulfide) groups is 1. The fraction of sp³-hybridized carbons (Fsp3) is 0.238. The molecule has 0 amide bonds. The summed E-state index contributed by atoms with van der Waals surface area (Å²) in [7, 11) is 4.90.